The third-order valence-electron chi connectivity index (χ3n) is 5.46. The third kappa shape index (κ3) is 2.81. The maximum absolute atomic E-state index is 12.2. The van der Waals surface area contributed by atoms with Gasteiger partial charge in [-0.15, -0.1) is 0 Å². The van der Waals surface area contributed by atoms with Gasteiger partial charge in [0, 0.05) is 25.0 Å². The van der Waals surface area contributed by atoms with E-state index < -0.39 is 0 Å². The summed E-state index contributed by atoms with van der Waals surface area (Å²) in [5, 5.41) is 0. The summed E-state index contributed by atoms with van der Waals surface area (Å²) in [6, 6.07) is 8.72. The van der Waals surface area contributed by atoms with Gasteiger partial charge in [0.15, 0.2) is 5.58 Å². The van der Waals surface area contributed by atoms with Crippen molar-refractivity contribution in [3.63, 3.8) is 0 Å². The van der Waals surface area contributed by atoms with Crippen molar-refractivity contribution in [2.75, 3.05) is 13.1 Å². The molecule has 24 heavy (non-hydrogen) atoms. The highest BCUT2D eigenvalue weighted by Crippen LogP contribution is 2.31. The number of aromatic nitrogens is 1. The number of para-hydroxylation sites is 2. The van der Waals surface area contributed by atoms with Crippen molar-refractivity contribution in [3.8, 4) is 0 Å². The van der Waals surface area contributed by atoms with Crippen molar-refractivity contribution >= 4 is 17.0 Å². The lowest BCUT2D eigenvalue weighted by atomic mass is 10.0. The lowest BCUT2D eigenvalue weighted by Crippen LogP contribution is -2.47. The van der Waals surface area contributed by atoms with Crippen LogP contribution in [0.3, 0.4) is 0 Å². The molecule has 1 amide bonds. The van der Waals surface area contributed by atoms with Gasteiger partial charge in [-0.1, -0.05) is 19.1 Å². The molecule has 2 aromatic rings. The van der Waals surface area contributed by atoms with Gasteiger partial charge in [-0.3, -0.25) is 9.69 Å². The number of carbonyl (C=O) groups excluding carboxylic acids is 1. The van der Waals surface area contributed by atoms with Crippen LogP contribution in [0.2, 0.25) is 0 Å². The molecule has 0 radical (unpaired) electrons. The summed E-state index contributed by atoms with van der Waals surface area (Å²) in [6.07, 6.45) is 5.21. The van der Waals surface area contributed by atoms with Gasteiger partial charge >= 0.3 is 0 Å². The van der Waals surface area contributed by atoms with E-state index in [9.17, 15) is 4.79 Å². The Morgan fingerprint density at radius 1 is 1.21 bits per heavy atom. The molecule has 4 rings (SSSR count). The first-order chi connectivity index (χ1) is 11.8. The highest BCUT2D eigenvalue weighted by molar-refractivity contribution is 5.76. The minimum atomic E-state index is 0.297. The molecule has 0 unspecified atom stereocenters. The lowest BCUT2D eigenvalue weighted by molar-refractivity contribution is -0.132. The third-order valence-corrected chi connectivity index (χ3v) is 5.46. The van der Waals surface area contributed by atoms with Crippen molar-refractivity contribution in [3.05, 3.63) is 30.2 Å². The van der Waals surface area contributed by atoms with Crippen LogP contribution in [0, 0.1) is 0 Å². The van der Waals surface area contributed by atoms with Crippen LogP contribution >= 0.6 is 0 Å². The molecule has 0 bridgehead atoms. The second-order valence-corrected chi connectivity index (χ2v) is 6.91. The fourth-order valence-electron chi connectivity index (χ4n) is 4.35. The Labute approximate surface area is 142 Å². The summed E-state index contributed by atoms with van der Waals surface area (Å²) in [4.78, 5) is 21.4. The van der Waals surface area contributed by atoms with Gasteiger partial charge < -0.3 is 9.32 Å². The number of fused-ring (bicyclic) bond motifs is 1. The molecule has 1 aromatic carbocycles. The van der Waals surface area contributed by atoms with E-state index in [1.165, 1.54) is 12.8 Å². The van der Waals surface area contributed by atoms with E-state index in [1.54, 1.807) is 0 Å². The van der Waals surface area contributed by atoms with Crippen LogP contribution in [0.25, 0.3) is 11.1 Å². The molecule has 2 fully saturated rings. The fourth-order valence-corrected chi connectivity index (χ4v) is 4.35. The van der Waals surface area contributed by atoms with E-state index in [4.69, 9.17) is 4.42 Å². The van der Waals surface area contributed by atoms with E-state index in [2.05, 4.69) is 14.8 Å². The van der Waals surface area contributed by atoms with E-state index in [0.717, 1.165) is 49.5 Å². The molecule has 5 nitrogen and oxygen atoms in total. The maximum atomic E-state index is 12.2. The van der Waals surface area contributed by atoms with E-state index in [0.29, 0.717) is 24.4 Å². The van der Waals surface area contributed by atoms with Crippen molar-refractivity contribution in [1.82, 2.24) is 14.8 Å². The second-order valence-electron chi connectivity index (χ2n) is 6.91. The zero-order valence-electron chi connectivity index (χ0n) is 14.3. The Hall–Kier alpha value is -1.88. The van der Waals surface area contributed by atoms with Crippen LogP contribution < -0.4 is 0 Å². The Bertz CT molecular complexity index is 693. The molecular weight excluding hydrogens is 302 g/mol. The fraction of sp³-hybridized carbons (Fsp3) is 0.579. The predicted octanol–water partition coefficient (Wildman–Crippen LogP) is 3.19. The molecule has 2 aliphatic heterocycles. The molecule has 2 saturated heterocycles. The van der Waals surface area contributed by atoms with Gasteiger partial charge in [-0.25, -0.2) is 4.98 Å². The topological polar surface area (TPSA) is 49.6 Å². The number of benzene rings is 1. The molecular formula is C19H25N3O2. The molecule has 0 aliphatic carbocycles. The van der Waals surface area contributed by atoms with Gasteiger partial charge in [0.05, 0.1) is 6.54 Å². The van der Waals surface area contributed by atoms with Crippen molar-refractivity contribution in [2.24, 2.45) is 0 Å². The van der Waals surface area contributed by atoms with E-state index >= 15 is 0 Å². The van der Waals surface area contributed by atoms with Gasteiger partial charge in [0.1, 0.15) is 5.52 Å². The Morgan fingerprint density at radius 2 is 2.00 bits per heavy atom. The number of hydrogen-bond donors (Lipinski definition) is 0. The summed E-state index contributed by atoms with van der Waals surface area (Å²) < 4.78 is 5.90. The quantitative estimate of drug-likeness (QED) is 0.865. The second kappa shape index (κ2) is 6.55. The lowest BCUT2D eigenvalue weighted by Gasteiger charge is -2.34. The minimum absolute atomic E-state index is 0.297. The average molecular weight is 327 g/mol. The normalized spacial score (nSPS) is 25.0. The molecule has 3 heterocycles. The van der Waals surface area contributed by atoms with Gasteiger partial charge in [-0.2, -0.15) is 0 Å². The molecule has 0 spiro atoms. The van der Waals surface area contributed by atoms with Crippen LogP contribution in [0.5, 0.6) is 0 Å². The standard InChI is InChI=1S/C19H25N3O2/c1-2-19(23)22-12-6-9-16(22)15-8-5-11-21(15)13-18-20-14-7-3-4-10-17(14)24-18/h3-4,7,10,15-16H,2,5-6,8-9,11-13H2,1H3/t15-,16-/m0/s1. The van der Waals surface area contributed by atoms with E-state index in [1.807, 2.05) is 31.2 Å². The number of rotatable bonds is 4. The first-order valence-electron chi connectivity index (χ1n) is 9.14. The number of carbonyl (C=O) groups is 1. The first-order valence-corrected chi connectivity index (χ1v) is 9.14. The van der Waals surface area contributed by atoms with Crippen molar-refractivity contribution < 1.29 is 9.21 Å². The Morgan fingerprint density at radius 3 is 2.83 bits per heavy atom. The van der Waals surface area contributed by atoms with Crippen molar-refractivity contribution in [2.45, 2.75) is 57.7 Å². The SMILES string of the molecule is CCC(=O)N1CCC[C@H]1[C@@H]1CCCN1Cc1nc2ccccc2o1. The van der Waals surface area contributed by atoms with Gasteiger partial charge in [0.25, 0.3) is 0 Å². The molecule has 2 aliphatic rings. The number of oxazole rings is 1. The summed E-state index contributed by atoms with van der Waals surface area (Å²) in [6.45, 7) is 4.69. The maximum Gasteiger partial charge on any atom is 0.222 e. The number of amides is 1. The highest BCUT2D eigenvalue weighted by Gasteiger charge is 2.39. The minimum Gasteiger partial charge on any atom is -0.439 e. The Balaban J connectivity index is 1.51. The predicted molar refractivity (Wildman–Crippen MR) is 92.5 cm³/mol. The molecule has 2 atom stereocenters. The molecule has 5 heteroatoms. The summed E-state index contributed by atoms with van der Waals surface area (Å²) >= 11 is 0. The van der Waals surface area contributed by atoms with Gasteiger partial charge in [-0.05, 0) is 44.4 Å². The molecule has 1 aromatic heterocycles. The monoisotopic (exact) mass is 327 g/mol. The number of nitrogens with zero attached hydrogens (tertiary/aromatic N) is 3. The zero-order valence-corrected chi connectivity index (χ0v) is 14.3. The largest absolute Gasteiger partial charge is 0.439 e. The smallest absolute Gasteiger partial charge is 0.222 e. The summed E-state index contributed by atoms with van der Waals surface area (Å²) in [5.41, 5.74) is 1.78. The first kappa shape index (κ1) is 15.6. The van der Waals surface area contributed by atoms with Crippen LogP contribution in [0.4, 0.5) is 0 Å². The van der Waals surface area contributed by atoms with E-state index in [-0.39, 0.29) is 0 Å². The number of likely N-dealkylation sites (tertiary alicyclic amines) is 2. The summed E-state index contributed by atoms with van der Waals surface area (Å²) in [7, 11) is 0. The van der Waals surface area contributed by atoms with Gasteiger partial charge in [0.2, 0.25) is 11.8 Å². The molecule has 0 saturated carbocycles. The average Bonchev–Trinajstić information content (AvgIpc) is 3.32. The molecule has 0 N–H and O–H groups in total. The van der Waals surface area contributed by atoms with Crippen LogP contribution in [0.1, 0.15) is 44.9 Å². The number of hydrogen-bond acceptors (Lipinski definition) is 4. The van der Waals surface area contributed by atoms with Crippen LogP contribution in [0.15, 0.2) is 28.7 Å². The highest BCUT2D eigenvalue weighted by atomic mass is 16.3. The zero-order chi connectivity index (χ0) is 16.5. The van der Waals surface area contributed by atoms with Crippen LogP contribution in [-0.2, 0) is 11.3 Å². The molecule has 128 valence electrons. The Kier molecular flexibility index (Phi) is 4.27. The van der Waals surface area contributed by atoms with Crippen LogP contribution in [-0.4, -0.2) is 45.9 Å². The summed E-state index contributed by atoms with van der Waals surface area (Å²) in [5.74, 6) is 1.08. The van der Waals surface area contributed by atoms with Crippen molar-refractivity contribution in [1.29, 1.82) is 0 Å².